The Morgan fingerprint density at radius 2 is 2.05 bits per heavy atom. The SMILES string of the molecule is COC(=O)c1ccc(F)c(-c2c(C)nn(C)c2C)c1. The number of methoxy groups -OCH3 is 1. The quantitative estimate of drug-likeness (QED) is 0.781. The molecular weight excluding hydrogens is 247 g/mol. The minimum Gasteiger partial charge on any atom is -0.465 e. The fourth-order valence-corrected chi connectivity index (χ4v) is 2.13. The first-order valence-corrected chi connectivity index (χ1v) is 5.84. The molecule has 2 aromatic rings. The molecule has 0 fully saturated rings. The van der Waals surface area contributed by atoms with E-state index in [1.165, 1.54) is 25.3 Å². The molecule has 0 aliphatic heterocycles. The molecule has 0 bridgehead atoms. The van der Waals surface area contributed by atoms with E-state index in [1.807, 2.05) is 13.8 Å². The third-order valence-electron chi connectivity index (χ3n) is 3.17. The summed E-state index contributed by atoms with van der Waals surface area (Å²) in [5.74, 6) is -0.868. The van der Waals surface area contributed by atoms with Crippen molar-refractivity contribution in [3.05, 3.63) is 41.0 Å². The van der Waals surface area contributed by atoms with Gasteiger partial charge in [0.15, 0.2) is 0 Å². The maximum Gasteiger partial charge on any atom is 0.337 e. The zero-order chi connectivity index (χ0) is 14.2. The van der Waals surface area contributed by atoms with E-state index in [2.05, 4.69) is 9.84 Å². The summed E-state index contributed by atoms with van der Waals surface area (Å²) in [4.78, 5) is 11.5. The Kier molecular flexibility index (Phi) is 3.38. The summed E-state index contributed by atoms with van der Waals surface area (Å²) in [7, 11) is 3.10. The molecule has 0 unspecified atom stereocenters. The van der Waals surface area contributed by atoms with E-state index in [0.29, 0.717) is 16.7 Å². The molecule has 0 N–H and O–H groups in total. The first-order chi connectivity index (χ1) is 8.95. The van der Waals surface area contributed by atoms with E-state index >= 15 is 0 Å². The lowest BCUT2D eigenvalue weighted by Crippen LogP contribution is -2.02. The van der Waals surface area contributed by atoms with Gasteiger partial charge in [-0.3, -0.25) is 4.68 Å². The van der Waals surface area contributed by atoms with Gasteiger partial charge >= 0.3 is 5.97 Å². The largest absolute Gasteiger partial charge is 0.465 e. The molecule has 2 rings (SSSR count). The van der Waals surface area contributed by atoms with E-state index < -0.39 is 5.97 Å². The third-order valence-corrected chi connectivity index (χ3v) is 3.17. The van der Waals surface area contributed by atoms with Crippen LogP contribution in [0.3, 0.4) is 0 Å². The van der Waals surface area contributed by atoms with Crippen molar-refractivity contribution in [1.29, 1.82) is 0 Å². The Morgan fingerprint density at radius 3 is 2.58 bits per heavy atom. The van der Waals surface area contributed by atoms with Crippen LogP contribution in [0.5, 0.6) is 0 Å². The number of carbonyl (C=O) groups excluding carboxylic acids is 1. The molecule has 0 aliphatic rings. The molecule has 1 aromatic heterocycles. The van der Waals surface area contributed by atoms with Crippen LogP contribution in [-0.2, 0) is 11.8 Å². The molecule has 1 aromatic carbocycles. The second-order valence-electron chi connectivity index (χ2n) is 4.36. The fourth-order valence-electron chi connectivity index (χ4n) is 2.13. The van der Waals surface area contributed by atoms with Gasteiger partial charge in [-0.2, -0.15) is 5.10 Å². The van der Waals surface area contributed by atoms with Crippen molar-refractivity contribution in [2.45, 2.75) is 13.8 Å². The molecule has 0 atom stereocenters. The Hall–Kier alpha value is -2.17. The number of halogens is 1. The molecule has 4 nitrogen and oxygen atoms in total. The van der Waals surface area contributed by atoms with E-state index in [1.54, 1.807) is 11.7 Å². The van der Waals surface area contributed by atoms with Gasteiger partial charge in [-0.1, -0.05) is 0 Å². The average Bonchev–Trinajstić information content (AvgIpc) is 2.63. The Balaban J connectivity index is 2.64. The van der Waals surface area contributed by atoms with E-state index in [9.17, 15) is 9.18 Å². The maximum absolute atomic E-state index is 14.0. The predicted octanol–water partition coefficient (Wildman–Crippen LogP) is 2.63. The predicted molar refractivity (Wildman–Crippen MR) is 69.4 cm³/mol. The second-order valence-corrected chi connectivity index (χ2v) is 4.36. The summed E-state index contributed by atoms with van der Waals surface area (Å²) in [6.45, 7) is 3.67. The minimum atomic E-state index is -0.486. The maximum atomic E-state index is 14.0. The monoisotopic (exact) mass is 262 g/mol. The van der Waals surface area contributed by atoms with Gasteiger partial charge in [0.2, 0.25) is 0 Å². The highest BCUT2D eigenvalue weighted by Gasteiger charge is 2.17. The molecule has 5 heteroatoms. The van der Waals surface area contributed by atoms with Crippen LogP contribution in [0.25, 0.3) is 11.1 Å². The lowest BCUT2D eigenvalue weighted by molar-refractivity contribution is 0.0600. The van der Waals surface area contributed by atoms with Crippen LogP contribution < -0.4 is 0 Å². The van der Waals surface area contributed by atoms with Gasteiger partial charge in [-0.05, 0) is 32.0 Å². The van der Waals surface area contributed by atoms with Crippen molar-refractivity contribution in [2.75, 3.05) is 7.11 Å². The van der Waals surface area contributed by atoms with E-state index in [4.69, 9.17) is 0 Å². The van der Waals surface area contributed by atoms with Crippen LogP contribution in [0.1, 0.15) is 21.7 Å². The van der Waals surface area contributed by atoms with Crippen LogP contribution in [0, 0.1) is 19.7 Å². The third kappa shape index (κ3) is 2.23. The number of nitrogens with zero attached hydrogens (tertiary/aromatic N) is 2. The molecular formula is C14H15FN2O2. The van der Waals surface area contributed by atoms with Crippen LogP contribution in [-0.4, -0.2) is 22.9 Å². The number of esters is 1. The van der Waals surface area contributed by atoms with Crippen molar-refractivity contribution < 1.29 is 13.9 Å². The number of hydrogen-bond donors (Lipinski definition) is 0. The van der Waals surface area contributed by atoms with Crippen LogP contribution in [0.4, 0.5) is 4.39 Å². The van der Waals surface area contributed by atoms with Gasteiger partial charge in [0.25, 0.3) is 0 Å². The van der Waals surface area contributed by atoms with E-state index in [-0.39, 0.29) is 5.82 Å². The Morgan fingerprint density at radius 1 is 1.37 bits per heavy atom. The Bertz CT molecular complexity index is 647. The molecule has 0 radical (unpaired) electrons. The highest BCUT2D eigenvalue weighted by Crippen LogP contribution is 2.29. The summed E-state index contributed by atoms with van der Waals surface area (Å²) in [5, 5.41) is 4.26. The smallest absolute Gasteiger partial charge is 0.337 e. The van der Waals surface area contributed by atoms with Crippen molar-refractivity contribution in [3.8, 4) is 11.1 Å². The topological polar surface area (TPSA) is 44.1 Å². The number of ether oxygens (including phenoxy) is 1. The summed E-state index contributed by atoms with van der Waals surface area (Å²) in [6.07, 6.45) is 0. The number of aromatic nitrogens is 2. The molecule has 0 saturated heterocycles. The number of rotatable bonds is 2. The number of hydrogen-bond acceptors (Lipinski definition) is 3. The highest BCUT2D eigenvalue weighted by molar-refractivity contribution is 5.91. The standard InChI is InChI=1S/C14H15FN2O2/c1-8-13(9(2)17(3)16-8)11-7-10(14(18)19-4)5-6-12(11)15/h5-7H,1-4H3. The van der Waals surface area contributed by atoms with Crippen LogP contribution in [0.2, 0.25) is 0 Å². The van der Waals surface area contributed by atoms with E-state index in [0.717, 1.165) is 11.4 Å². The zero-order valence-electron chi connectivity index (χ0n) is 11.3. The second kappa shape index (κ2) is 4.84. The van der Waals surface area contributed by atoms with Crippen LogP contribution in [0.15, 0.2) is 18.2 Å². The van der Waals surface area contributed by atoms with Crippen molar-refractivity contribution in [1.82, 2.24) is 9.78 Å². The molecule has 19 heavy (non-hydrogen) atoms. The first-order valence-electron chi connectivity index (χ1n) is 5.84. The lowest BCUT2D eigenvalue weighted by Gasteiger charge is -2.06. The molecule has 0 aliphatic carbocycles. The van der Waals surface area contributed by atoms with Crippen molar-refractivity contribution in [2.24, 2.45) is 7.05 Å². The van der Waals surface area contributed by atoms with Gasteiger partial charge < -0.3 is 4.74 Å². The summed E-state index contributed by atoms with van der Waals surface area (Å²) in [6, 6.07) is 4.18. The minimum absolute atomic E-state index is 0.321. The molecule has 100 valence electrons. The van der Waals surface area contributed by atoms with Gasteiger partial charge in [0.05, 0.1) is 18.4 Å². The molecule has 0 spiro atoms. The van der Waals surface area contributed by atoms with Crippen molar-refractivity contribution >= 4 is 5.97 Å². The summed E-state index contributed by atoms with van der Waals surface area (Å²) < 4.78 is 20.3. The molecule has 0 saturated carbocycles. The van der Waals surface area contributed by atoms with Gasteiger partial charge in [0.1, 0.15) is 5.82 Å². The van der Waals surface area contributed by atoms with Crippen LogP contribution >= 0.6 is 0 Å². The normalized spacial score (nSPS) is 10.6. The summed E-state index contributed by atoms with van der Waals surface area (Å²) in [5.41, 5.74) is 2.97. The lowest BCUT2D eigenvalue weighted by atomic mass is 10.0. The summed E-state index contributed by atoms with van der Waals surface area (Å²) >= 11 is 0. The van der Waals surface area contributed by atoms with Gasteiger partial charge in [0, 0.05) is 23.9 Å². The fraction of sp³-hybridized carbons (Fsp3) is 0.286. The molecule has 0 amide bonds. The average molecular weight is 262 g/mol. The molecule has 1 heterocycles. The Labute approximate surface area is 110 Å². The number of aryl methyl sites for hydroxylation is 2. The first kappa shape index (κ1) is 13.3. The zero-order valence-corrected chi connectivity index (χ0v) is 11.3. The highest BCUT2D eigenvalue weighted by atomic mass is 19.1. The van der Waals surface area contributed by atoms with Gasteiger partial charge in [-0.25, -0.2) is 9.18 Å². The number of carbonyl (C=O) groups is 1. The van der Waals surface area contributed by atoms with Gasteiger partial charge in [-0.15, -0.1) is 0 Å². The number of benzene rings is 1. The van der Waals surface area contributed by atoms with Crippen molar-refractivity contribution in [3.63, 3.8) is 0 Å².